The number of aromatic nitrogens is 1. The largest absolute Gasteiger partial charge is 0.342 e. The summed E-state index contributed by atoms with van der Waals surface area (Å²) in [6.45, 7) is 3.65. The Kier molecular flexibility index (Phi) is 5.84. The molecular weight excluding hydrogens is 310 g/mol. The number of thioether (sulfide) groups is 1. The van der Waals surface area contributed by atoms with E-state index in [-0.39, 0.29) is 23.0 Å². The maximum absolute atomic E-state index is 12.4. The summed E-state index contributed by atoms with van der Waals surface area (Å²) >= 11 is 1.26. The summed E-state index contributed by atoms with van der Waals surface area (Å²) in [5.41, 5.74) is 6.31. The van der Waals surface area contributed by atoms with Gasteiger partial charge in [-0.2, -0.15) is 10.5 Å². The molecule has 0 saturated heterocycles. The average Bonchev–Trinajstić information content (AvgIpc) is 3.36. The maximum Gasteiger partial charge on any atom is 0.289 e. The van der Waals surface area contributed by atoms with Crippen LogP contribution >= 0.6 is 11.8 Å². The summed E-state index contributed by atoms with van der Waals surface area (Å²) in [5.74, 6) is 1.19. The zero-order valence-electron chi connectivity index (χ0n) is 13.1. The first-order chi connectivity index (χ1) is 11.1. The number of nitrogens with zero attached hydrogens (tertiary/aromatic N) is 3. The van der Waals surface area contributed by atoms with Gasteiger partial charge in [0.25, 0.3) is 5.82 Å². The zero-order chi connectivity index (χ0) is 16.8. The van der Waals surface area contributed by atoms with Crippen LogP contribution in [-0.4, -0.2) is 29.6 Å². The molecule has 6 nitrogen and oxygen atoms in total. The van der Waals surface area contributed by atoms with Gasteiger partial charge >= 0.3 is 0 Å². The third-order valence-corrected chi connectivity index (χ3v) is 4.68. The van der Waals surface area contributed by atoms with Crippen LogP contribution in [0.3, 0.4) is 0 Å². The molecule has 0 bridgehead atoms. The van der Waals surface area contributed by atoms with Crippen LogP contribution in [-0.2, 0) is 4.79 Å². The summed E-state index contributed by atoms with van der Waals surface area (Å²) < 4.78 is 0. The molecule has 1 heterocycles. The number of nitriles is 2. The van der Waals surface area contributed by atoms with Crippen LogP contribution in [0.5, 0.6) is 0 Å². The van der Waals surface area contributed by atoms with Gasteiger partial charge in [-0.25, -0.2) is 4.98 Å². The fraction of sp³-hybridized carbons (Fsp3) is 0.500. The van der Waals surface area contributed by atoms with Gasteiger partial charge in [0.2, 0.25) is 5.91 Å². The second kappa shape index (κ2) is 7.85. The first-order valence-electron chi connectivity index (χ1n) is 7.65. The molecule has 23 heavy (non-hydrogen) atoms. The van der Waals surface area contributed by atoms with E-state index in [2.05, 4.69) is 11.9 Å². The highest BCUT2D eigenvalue weighted by Crippen LogP contribution is 2.30. The number of nitrogens with two attached hydrogens (primary N) is 1. The van der Waals surface area contributed by atoms with E-state index in [1.165, 1.54) is 30.7 Å². The molecule has 120 valence electrons. The minimum absolute atomic E-state index is 0.0731. The average molecular weight is 330 g/mol. The van der Waals surface area contributed by atoms with Crippen molar-refractivity contribution >= 4 is 23.5 Å². The van der Waals surface area contributed by atoms with Gasteiger partial charge in [0.15, 0.2) is 5.03 Å². The lowest BCUT2D eigenvalue weighted by Crippen LogP contribution is -2.35. The van der Waals surface area contributed by atoms with Gasteiger partial charge in [0.05, 0.1) is 5.75 Å². The molecule has 1 saturated carbocycles. The molecule has 1 aromatic heterocycles. The monoisotopic (exact) mass is 330 g/mol. The topological polar surface area (TPSA) is 108 Å². The Morgan fingerprint density at radius 2 is 2.13 bits per heavy atom. The van der Waals surface area contributed by atoms with Crippen molar-refractivity contribution in [3.63, 3.8) is 0 Å². The summed E-state index contributed by atoms with van der Waals surface area (Å²) in [7, 11) is 0. The highest BCUT2D eigenvalue weighted by molar-refractivity contribution is 7.99. The number of carbonyl (C=O) groups is 1. The van der Waals surface area contributed by atoms with Gasteiger partial charge in [-0.3, -0.25) is 10.5 Å². The number of nitrogen functional groups attached to an aromatic ring is 1. The van der Waals surface area contributed by atoms with Crippen LogP contribution in [0, 0.1) is 28.6 Å². The van der Waals surface area contributed by atoms with Gasteiger partial charge in [0.1, 0.15) is 23.3 Å². The lowest BCUT2D eigenvalue weighted by molar-refractivity contribution is -0.410. The molecule has 3 N–H and O–H groups in total. The predicted octanol–water partition coefficient (Wildman–Crippen LogP) is 1.57. The quantitative estimate of drug-likeness (QED) is 0.763. The molecule has 1 aliphatic carbocycles. The van der Waals surface area contributed by atoms with Gasteiger partial charge in [-0.05, 0) is 31.2 Å². The van der Waals surface area contributed by atoms with Crippen LogP contribution in [0.1, 0.15) is 37.3 Å². The molecule has 1 aromatic rings. The SMILES string of the molecule is CCCN(CC1CC1)C(=O)CSc1[nH+]c(N)c(C#N)cc1C#N. The lowest BCUT2D eigenvalue weighted by atomic mass is 10.2. The molecule has 2 rings (SSSR count). The second-order valence-electron chi connectivity index (χ2n) is 5.63. The maximum atomic E-state index is 12.4. The standard InChI is InChI=1S/C16H19N5OS/c1-2-5-21(9-11-3-4-11)14(22)10-23-16-13(8-18)6-12(7-17)15(19)20-16/h6,11H,2-5,9-10H2,1H3,(H2,19,20)/p+1. The molecule has 1 fully saturated rings. The van der Waals surface area contributed by atoms with Crippen LogP contribution in [0.15, 0.2) is 11.1 Å². The predicted molar refractivity (Wildman–Crippen MR) is 87.2 cm³/mol. The van der Waals surface area contributed by atoms with Gasteiger partial charge in [-0.1, -0.05) is 18.7 Å². The zero-order valence-corrected chi connectivity index (χ0v) is 13.9. The van der Waals surface area contributed by atoms with E-state index >= 15 is 0 Å². The van der Waals surface area contributed by atoms with Gasteiger partial charge in [-0.15, -0.1) is 0 Å². The molecule has 0 radical (unpaired) electrons. The van der Waals surface area contributed by atoms with E-state index in [9.17, 15) is 10.1 Å². The molecule has 0 atom stereocenters. The Morgan fingerprint density at radius 3 is 2.70 bits per heavy atom. The van der Waals surface area contributed by atoms with Crippen molar-refractivity contribution < 1.29 is 9.78 Å². The van der Waals surface area contributed by atoms with Crippen LogP contribution in [0.2, 0.25) is 0 Å². The third kappa shape index (κ3) is 4.61. The summed E-state index contributed by atoms with van der Waals surface area (Å²) in [6, 6.07) is 5.42. The summed E-state index contributed by atoms with van der Waals surface area (Å²) in [5, 5.41) is 18.7. The first kappa shape index (κ1) is 17.1. The number of nitrogens with one attached hydrogen (secondary N) is 1. The molecule has 0 spiro atoms. The number of hydrogen-bond donors (Lipinski definition) is 1. The lowest BCUT2D eigenvalue weighted by Gasteiger charge is -2.21. The van der Waals surface area contributed by atoms with Crippen molar-refractivity contribution in [1.29, 1.82) is 10.5 Å². The Labute approximate surface area is 140 Å². The van der Waals surface area contributed by atoms with Crippen LogP contribution < -0.4 is 10.7 Å². The number of pyridine rings is 1. The fourth-order valence-electron chi connectivity index (χ4n) is 2.26. The molecular formula is C16H20N5OS+. The van der Waals surface area contributed by atoms with Crippen LogP contribution in [0.4, 0.5) is 5.82 Å². The van der Waals surface area contributed by atoms with Crippen molar-refractivity contribution in [1.82, 2.24) is 4.90 Å². The van der Waals surface area contributed by atoms with E-state index in [4.69, 9.17) is 11.0 Å². The van der Waals surface area contributed by atoms with Crippen molar-refractivity contribution in [2.45, 2.75) is 31.2 Å². The van der Waals surface area contributed by atoms with E-state index in [0.29, 0.717) is 16.5 Å². The Hall–Kier alpha value is -2.25. The second-order valence-corrected chi connectivity index (χ2v) is 6.62. The van der Waals surface area contributed by atoms with E-state index in [1.807, 2.05) is 17.0 Å². The van der Waals surface area contributed by atoms with Crippen LogP contribution in [0.25, 0.3) is 0 Å². The van der Waals surface area contributed by atoms with Crippen molar-refractivity contribution in [3.05, 3.63) is 17.2 Å². The number of anilines is 1. The van der Waals surface area contributed by atoms with Gasteiger partial charge in [0, 0.05) is 13.1 Å². The number of aromatic amines is 1. The molecule has 7 heteroatoms. The summed E-state index contributed by atoms with van der Waals surface area (Å²) in [6.07, 6.45) is 3.35. The fourth-order valence-corrected chi connectivity index (χ4v) is 3.15. The van der Waals surface area contributed by atoms with E-state index in [0.717, 1.165) is 19.5 Å². The number of carbonyl (C=O) groups excluding carboxylic acids is 1. The highest BCUT2D eigenvalue weighted by atomic mass is 32.2. The summed E-state index contributed by atoms with van der Waals surface area (Å²) in [4.78, 5) is 17.2. The number of hydrogen-bond acceptors (Lipinski definition) is 5. The molecule has 1 amide bonds. The number of amides is 1. The Bertz CT molecular complexity index is 672. The Morgan fingerprint density at radius 1 is 1.43 bits per heavy atom. The van der Waals surface area contributed by atoms with Crippen molar-refractivity contribution in [2.24, 2.45) is 5.92 Å². The molecule has 0 aliphatic heterocycles. The first-order valence-corrected chi connectivity index (χ1v) is 8.64. The normalized spacial score (nSPS) is 13.2. The van der Waals surface area contributed by atoms with Crippen molar-refractivity contribution in [3.8, 4) is 12.1 Å². The number of H-pyrrole nitrogens is 1. The highest BCUT2D eigenvalue weighted by Gasteiger charge is 2.26. The van der Waals surface area contributed by atoms with Gasteiger partial charge < -0.3 is 4.90 Å². The number of rotatable bonds is 7. The molecule has 1 aliphatic rings. The smallest absolute Gasteiger partial charge is 0.289 e. The van der Waals surface area contributed by atoms with E-state index < -0.39 is 0 Å². The third-order valence-electron chi connectivity index (χ3n) is 3.67. The molecule has 0 unspecified atom stereocenters. The van der Waals surface area contributed by atoms with Crippen molar-refractivity contribution in [2.75, 3.05) is 24.6 Å². The van der Waals surface area contributed by atoms with E-state index in [1.54, 1.807) is 0 Å². The minimum atomic E-state index is 0.0731. The minimum Gasteiger partial charge on any atom is -0.342 e. The Balaban J connectivity index is 2.04. The molecule has 0 aromatic carbocycles.